The average molecular weight is 295 g/mol. The Hall–Kier alpha value is -0.690. The zero-order valence-electron chi connectivity index (χ0n) is 9.67. The Balaban J connectivity index is 0.00000162. The molecule has 3 N–H and O–H groups in total. The molecule has 102 valence electrons. The van der Waals surface area contributed by atoms with Gasteiger partial charge in [0.2, 0.25) is 10.0 Å². The minimum atomic E-state index is -3.80. The molecule has 1 aliphatic rings. The van der Waals surface area contributed by atoms with Crippen molar-refractivity contribution < 1.29 is 12.8 Å². The van der Waals surface area contributed by atoms with Crippen molar-refractivity contribution in [2.24, 2.45) is 11.7 Å². The highest BCUT2D eigenvalue weighted by Gasteiger charge is 2.29. The second-order valence-corrected chi connectivity index (χ2v) is 6.02. The minimum absolute atomic E-state index is 0. The highest BCUT2D eigenvalue weighted by atomic mass is 35.5. The van der Waals surface area contributed by atoms with Crippen LogP contribution in [0.25, 0.3) is 0 Å². The maximum Gasteiger partial charge on any atom is 0.243 e. The maximum atomic E-state index is 13.3. The second kappa shape index (κ2) is 5.97. The summed E-state index contributed by atoms with van der Waals surface area (Å²) in [5.74, 6) is -0.349. The van der Waals surface area contributed by atoms with Crippen LogP contribution >= 0.6 is 12.4 Å². The number of rotatable bonds is 5. The minimum Gasteiger partial charge on any atom is -0.326 e. The molecule has 4 nitrogen and oxygen atoms in total. The number of sulfonamides is 1. The lowest BCUT2D eigenvalue weighted by Gasteiger charge is -2.12. The zero-order chi connectivity index (χ0) is 12.5. The van der Waals surface area contributed by atoms with Crippen molar-refractivity contribution in [1.29, 1.82) is 0 Å². The van der Waals surface area contributed by atoms with E-state index in [1.807, 2.05) is 0 Å². The number of nitrogens with two attached hydrogens (primary N) is 1. The topological polar surface area (TPSA) is 72.2 Å². The zero-order valence-corrected chi connectivity index (χ0v) is 11.3. The normalized spacial score (nSPS) is 17.0. The van der Waals surface area contributed by atoms with Gasteiger partial charge in [0.05, 0.1) is 0 Å². The van der Waals surface area contributed by atoms with Gasteiger partial charge in [-0.15, -0.1) is 12.4 Å². The van der Waals surface area contributed by atoms with Crippen molar-refractivity contribution >= 4 is 22.4 Å². The van der Waals surface area contributed by atoms with Crippen LogP contribution in [0.5, 0.6) is 0 Å². The molecule has 1 saturated carbocycles. The van der Waals surface area contributed by atoms with Crippen LogP contribution in [-0.2, 0) is 10.0 Å². The smallest absolute Gasteiger partial charge is 0.243 e. The molecule has 0 aromatic heterocycles. The quantitative estimate of drug-likeness (QED) is 0.859. The molecule has 1 aromatic carbocycles. The summed E-state index contributed by atoms with van der Waals surface area (Å²) >= 11 is 0. The molecule has 0 aliphatic heterocycles. The molecule has 0 radical (unpaired) electrons. The van der Waals surface area contributed by atoms with E-state index in [1.165, 1.54) is 18.2 Å². The molecule has 0 amide bonds. The molecule has 18 heavy (non-hydrogen) atoms. The van der Waals surface area contributed by atoms with Gasteiger partial charge in [-0.3, -0.25) is 0 Å². The predicted molar refractivity (Wildman–Crippen MR) is 69.5 cm³/mol. The monoisotopic (exact) mass is 294 g/mol. The number of halogens is 2. The summed E-state index contributed by atoms with van der Waals surface area (Å²) in [6.07, 6.45) is 2.09. The van der Waals surface area contributed by atoms with Crippen molar-refractivity contribution in [2.75, 3.05) is 6.54 Å². The van der Waals surface area contributed by atoms with Crippen LogP contribution in [0, 0.1) is 11.7 Å². The highest BCUT2D eigenvalue weighted by molar-refractivity contribution is 7.89. The van der Waals surface area contributed by atoms with E-state index in [4.69, 9.17) is 5.73 Å². The van der Waals surface area contributed by atoms with E-state index in [0.29, 0.717) is 5.92 Å². The van der Waals surface area contributed by atoms with E-state index >= 15 is 0 Å². The Labute approximate surface area is 112 Å². The van der Waals surface area contributed by atoms with Gasteiger partial charge in [-0.2, -0.15) is 0 Å². The second-order valence-electron chi connectivity index (χ2n) is 4.28. The summed E-state index contributed by atoms with van der Waals surface area (Å²) in [7, 11) is -3.80. The van der Waals surface area contributed by atoms with Crippen molar-refractivity contribution in [3.05, 3.63) is 30.1 Å². The van der Waals surface area contributed by atoms with Crippen LogP contribution in [0.3, 0.4) is 0 Å². The first-order valence-electron chi connectivity index (χ1n) is 5.50. The van der Waals surface area contributed by atoms with Gasteiger partial charge in [-0.1, -0.05) is 12.1 Å². The van der Waals surface area contributed by atoms with Crippen molar-refractivity contribution in [3.8, 4) is 0 Å². The van der Waals surface area contributed by atoms with Gasteiger partial charge >= 0.3 is 0 Å². The molecule has 2 rings (SSSR count). The number of benzene rings is 1. The van der Waals surface area contributed by atoms with E-state index in [2.05, 4.69) is 4.72 Å². The molecule has 0 bridgehead atoms. The Morgan fingerprint density at radius 3 is 2.56 bits per heavy atom. The largest absolute Gasteiger partial charge is 0.326 e. The summed E-state index contributed by atoms with van der Waals surface area (Å²) in [5.41, 5.74) is 5.78. The van der Waals surface area contributed by atoms with Gasteiger partial charge in [-0.25, -0.2) is 17.5 Å². The lowest BCUT2D eigenvalue weighted by atomic mass is 10.2. The summed E-state index contributed by atoms with van der Waals surface area (Å²) in [6.45, 7) is 0.154. The summed E-state index contributed by atoms with van der Waals surface area (Å²) in [4.78, 5) is -0.331. The van der Waals surface area contributed by atoms with E-state index in [-0.39, 0.29) is 29.9 Å². The Morgan fingerprint density at radius 2 is 2.00 bits per heavy atom. The van der Waals surface area contributed by atoms with E-state index < -0.39 is 15.8 Å². The van der Waals surface area contributed by atoms with E-state index in [9.17, 15) is 12.8 Å². The predicted octanol–water partition coefficient (Wildman–Crippen LogP) is 1.26. The first-order valence-corrected chi connectivity index (χ1v) is 6.99. The molecule has 0 heterocycles. The molecular weight excluding hydrogens is 279 g/mol. The molecular formula is C11H16ClFN2O2S. The van der Waals surface area contributed by atoms with Crippen LogP contribution in [0.4, 0.5) is 4.39 Å². The third-order valence-electron chi connectivity index (χ3n) is 2.86. The van der Waals surface area contributed by atoms with Crippen molar-refractivity contribution in [3.63, 3.8) is 0 Å². The Morgan fingerprint density at radius 1 is 1.39 bits per heavy atom. The fourth-order valence-electron chi connectivity index (χ4n) is 1.64. The van der Waals surface area contributed by atoms with Crippen molar-refractivity contribution in [2.45, 2.75) is 23.8 Å². The van der Waals surface area contributed by atoms with Crippen LogP contribution < -0.4 is 10.5 Å². The summed E-state index contributed by atoms with van der Waals surface area (Å²) in [5, 5.41) is 0. The molecule has 1 fully saturated rings. The number of nitrogens with one attached hydrogen (secondary N) is 1. The highest BCUT2D eigenvalue weighted by Crippen LogP contribution is 2.31. The molecule has 0 saturated heterocycles. The average Bonchev–Trinajstić information content (AvgIpc) is 3.10. The fourth-order valence-corrected chi connectivity index (χ4v) is 2.79. The fraction of sp³-hybridized carbons (Fsp3) is 0.455. The van der Waals surface area contributed by atoms with Gasteiger partial charge in [-0.05, 0) is 30.9 Å². The van der Waals surface area contributed by atoms with Gasteiger partial charge in [0, 0.05) is 12.6 Å². The third-order valence-corrected chi connectivity index (χ3v) is 4.32. The van der Waals surface area contributed by atoms with Gasteiger partial charge < -0.3 is 5.73 Å². The number of hydrogen-bond donors (Lipinski definition) is 2. The number of hydrogen-bond acceptors (Lipinski definition) is 3. The van der Waals surface area contributed by atoms with E-state index in [0.717, 1.165) is 18.9 Å². The van der Waals surface area contributed by atoms with Crippen LogP contribution in [0.2, 0.25) is 0 Å². The van der Waals surface area contributed by atoms with Gasteiger partial charge in [0.25, 0.3) is 0 Å². The molecule has 1 unspecified atom stereocenters. The molecule has 7 heteroatoms. The van der Waals surface area contributed by atoms with Gasteiger partial charge in [0.1, 0.15) is 10.7 Å². The molecule has 1 aromatic rings. The lowest BCUT2D eigenvalue weighted by molar-refractivity contribution is 0.536. The Kier molecular flexibility index (Phi) is 5.10. The van der Waals surface area contributed by atoms with E-state index in [1.54, 1.807) is 0 Å². The first-order chi connectivity index (χ1) is 8.00. The summed E-state index contributed by atoms with van der Waals surface area (Å²) in [6, 6.07) is 5.11. The lowest BCUT2D eigenvalue weighted by Crippen LogP contribution is -2.38. The maximum absolute atomic E-state index is 13.3. The standard InChI is InChI=1S/C11H15FN2O2S.ClH/c12-9-3-1-2-4-11(9)17(15,16)14-7-10(13)8-5-6-8;/h1-4,8,10,14H,5-7,13H2;1H. The third kappa shape index (κ3) is 3.65. The Bertz CT molecular complexity index is 506. The van der Waals surface area contributed by atoms with Crippen molar-refractivity contribution in [1.82, 2.24) is 4.72 Å². The van der Waals surface area contributed by atoms with Crippen LogP contribution in [-0.4, -0.2) is 21.0 Å². The SMILES string of the molecule is Cl.NC(CNS(=O)(=O)c1ccccc1F)C1CC1. The molecule has 0 spiro atoms. The molecule has 1 aliphatic carbocycles. The summed E-state index contributed by atoms with van der Waals surface area (Å²) < 4.78 is 39.3. The first kappa shape index (κ1) is 15.4. The van der Waals surface area contributed by atoms with Crippen LogP contribution in [0.15, 0.2) is 29.2 Å². The van der Waals surface area contributed by atoms with Crippen LogP contribution in [0.1, 0.15) is 12.8 Å². The van der Waals surface area contributed by atoms with Gasteiger partial charge in [0.15, 0.2) is 0 Å². The molecule has 1 atom stereocenters.